The van der Waals surface area contributed by atoms with Crippen LogP contribution in [-0.2, 0) is 4.79 Å². The smallest absolute Gasteiger partial charge is 0.227 e. The van der Waals surface area contributed by atoms with E-state index in [0.717, 1.165) is 44.7 Å². The van der Waals surface area contributed by atoms with E-state index in [1.165, 1.54) is 5.69 Å². The molecule has 1 heterocycles. The van der Waals surface area contributed by atoms with Crippen molar-refractivity contribution in [2.45, 2.75) is 26.7 Å². The molecule has 1 aromatic carbocycles. The summed E-state index contributed by atoms with van der Waals surface area (Å²) in [5.74, 6) is 2.88. The Morgan fingerprint density at radius 3 is 2.39 bits per heavy atom. The van der Waals surface area contributed by atoms with Gasteiger partial charge in [0.15, 0.2) is 0 Å². The summed E-state index contributed by atoms with van der Waals surface area (Å²) in [5.41, 5.74) is 2.06. The van der Waals surface area contributed by atoms with Crippen LogP contribution >= 0.6 is 0 Å². The fourth-order valence-electron chi connectivity index (χ4n) is 3.07. The van der Waals surface area contributed by atoms with Crippen LogP contribution < -0.4 is 10.2 Å². The number of nitrogens with zero attached hydrogens (tertiary/aromatic N) is 2. The van der Waals surface area contributed by atoms with E-state index in [1.54, 1.807) is 0 Å². The highest BCUT2D eigenvalue weighted by Gasteiger charge is 2.24. The van der Waals surface area contributed by atoms with E-state index >= 15 is 0 Å². The number of carbonyl (C=O) groups excluding carboxylic acids is 1. The van der Waals surface area contributed by atoms with Gasteiger partial charge in [0.25, 0.3) is 0 Å². The number of nitrogens with one attached hydrogen (secondary N) is 1. The lowest BCUT2D eigenvalue weighted by molar-refractivity contribution is -0.121. The molecule has 2 rings (SSSR count). The highest BCUT2D eigenvalue weighted by atomic mass is 16.1. The number of amides is 1. The zero-order chi connectivity index (χ0) is 16.7. The van der Waals surface area contributed by atoms with Crippen molar-refractivity contribution in [2.75, 3.05) is 42.9 Å². The van der Waals surface area contributed by atoms with E-state index in [4.69, 9.17) is 6.42 Å². The zero-order valence-electron chi connectivity index (χ0n) is 14.2. The largest absolute Gasteiger partial charge is 0.372 e. The average Bonchev–Trinajstić information content (AvgIpc) is 2.58. The topological polar surface area (TPSA) is 35.6 Å². The lowest BCUT2D eigenvalue weighted by Gasteiger charge is -2.29. The SMILES string of the molecule is C#CCN1CCC(C(=O)Nc2ccc(N(CC)CC)cc2)CC1. The highest BCUT2D eigenvalue weighted by Crippen LogP contribution is 2.21. The third-order valence-electron chi connectivity index (χ3n) is 4.54. The molecule has 0 aromatic heterocycles. The fourth-order valence-corrected chi connectivity index (χ4v) is 3.07. The number of hydrogen-bond donors (Lipinski definition) is 1. The molecule has 1 aliphatic rings. The first-order chi connectivity index (χ1) is 11.2. The number of likely N-dealkylation sites (tertiary alicyclic amines) is 1. The van der Waals surface area contributed by atoms with Crippen LogP contribution in [0.2, 0.25) is 0 Å². The Hall–Kier alpha value is -1.99. The van der Waals surface area contributed by atoms with Crippen molar-refractivity contribution in [3.05, 3.63) is 24.3 Å². The molecule has 4 heteroatoms. The van der Waals surface area contributed by atoms with Crippen LogP contribution in [0.4, 0.5) is 11.4 Å². The van der Waals surface area contributed by atoms with Gasteiger partial charge in [-0.15, -0.1) is 6.42 Å². The van der Waals surface area contributed by atoms with E-state index in [9.17, 15) is 4.79 Å². The van der Waals surface area contributed by atoms with E-state index in [2.05, 4.69) is 47.0 Å². The van der Waals surface area contributed by atoms with Crippen LogP contribution in [0.25, 0.3) is 0 Å². The molecule has 1 aromatic rings. The molecular weight excluding hydrogens is 286 g/mol. The van der Waals surface area contributed by atoms with Crippen molar-refractivity contribution in [1.82, 2.24) is 4.90 Å². The molecule has 0 spiro atoms. The monoisotopic (exact) mass is 313 g/mol. The van der Waals surface area contributed by atoms with Crippen molar-refractivity contribution in [3.63, 3.8) is 0 Å². The molecule has 1 fully saturated rings. The predicted molar refractivity (Wildman–Crippen MR) is 96.6 cm³/mol. The Labute approximate surface area is 139 Å². The molecule has 1 saturated heterocycles. The molecule has 4 nitrogen and oxygen atoms in total. The lowest BCUT2D eigenvalue weighted by Crippen LogP contribution is -2.38. The second-order valence-electron chi connectivity index (χ2n) is 5.96. The highest BCUT2D eigenvalue weighted by molar-refractivity contribution is 5.92. The summed E-state index contributed by atoms with van der Waals surface area (Å²) < 4.78 is 0. The maximum absolute atomic E-state index is 12.4. The zero-order valence-corrected chi connectivity index (χ0v) is 14.2. The second-order valence-corrected chi connectivity index (χ2v) is 5.96. The van der Waals surface area contributed by atoms with Crippen molar-refractivity contribution in [3.8, 4) is 12.3 Å². The molecule has 0 atom stereocenters. The molecule has 1 aliphatic heterocycles. The van der Waals surface area contributed by atoms with E-state index in [-0.39, 0.29) is 11.8 Å². The molecule has 0 aliphatic carbocycles. The van der Waals surface area contributed by atoms with Gasteiger partial charge in [-0.3, -0.25) is 9.69 Å². The molecule has 0 radical (unpaired) electrons. The standard InChI is InChI=1S/C19H27N3O/c1-4-13-21-14-11-16(12-15-21)19(23)20-17-7-9-18(10-8-17)22(5-2)6-3/h1,7-10,16H,5-6,11-15H2,2-3H3,(H,20,23). The van der Waals surface area contributed by atoms with Crippen LogP contribution in [-0.4, -0.2) is 43.5 Å². The number of carbonyl (C=O) groups is 1. The molecule has 1 amide bonds. The fraction of sp³-hybridized carbons (Fsp3) is 0.526. The maximum Gasteiger partial charge on any atom is 0.227 e. The normalized spacial score (nSPS) is 15.9. The average molecular weight is 313 g/mol. The first-order valence-corrected chi connectivity index (χ1v) is 8.49. The molecule has 0 saturated carbocycles. The number of rotatable bonds is 6. The van der Waals surface area contributed by atoms with Crippen LogP contribution in [0.15, 0.2) is 24.3 Å². The van der Waals surface area contributed by atoms with Crippen LogP contribution in [0.1, 0.15) is 26.7 Å². The molecule has 23 heavy (non-hydrogen) atoms. The number of benzene rings is 1. The quantitative estimate of drug-likeness (QED) is 0.820. The molecular formula is C19H27N3O. The summed E-state index contributed by atoms with van der Waals surface area (Å²) in [4.78, 5) is 16.9. The molecule has 0 bridgehead atoms. The Bertz CT molecular complexity index is 535. The van der Waals surface area contributed by atoms with Crippen molar-refractivity contribution >= 4 is 17.3 Å². The first kappa shape index (κ1) is 17.4. The van der Waals surface area contributed by atoms with Gasteiger partial charge in [-0.2, -0.15) is 0 Å². The number of piperidine rings is 1. The molecule has 124 valence electrons. The van der Waals surface area contributed by atoms with Gasteiger partial charge in [-0.05, 0) is 64.0 Å². The summed E-state index contributed by atoms with van der Waals surface area (Å²) in [6.07, 6.45) is 7.10. The summed E-state index contributed by atoms with van der Waals surface area (Å²) >= 11 is 0. The van der Waals surface area contributed by atoms with Gasteiger partial charge in [0.2, 0.25) is 5.91 Å². The minimum atomic E-state index is 0.0893. The third-order valence-corrected chi connectivity index (χ3v) is 4.54. The summed E-state index contributed by atoms with van der Waals surface area (Å²) in [5, 5.41) is 3.04. The summed E-state index contributed by atoms with van der Waals surface area (Å²) in [6, 6.07) is 8.11. The van der Waals surface area contributed by atoms with Crippen molar-refractivity contribution < 1.29 is 4.79 Å². The van der Waals surface area contributed by atoms with Gasteiger partial charge in [0.1, 0.15) is 0 Å². The van der Waals surface area contributed by atoms with Gasteiger partial charge < -0.3 is 10.2 Å². The van der Waals surface area contributed by atoms with Crippen molar-refractivity contribution in [1.29, 1.82) is 0 Å². The molecule has 1 N–H and O–H groups in total. The number of anilines is 2. The minimum absolute atomic E-state index is 0.0893. The van der Waals surface area contributed by atoms with Gasteiger partial charge in [0.05, 0.1) is 6.54 Å². The maximum atomic E-state index is 12.4. The second kappa shape index (κ2) is 8.59. The van der Waals surface area contributed by atoms with Crippen LogP contribution in [0.3, 0.4) is 0 Å². The van der Waals surface area contributed by atoms with Gasteiger partial charge in [0, 0.05) is 30.4 Å². The van der Waals surface area contributed by atoms with Crippen LogP contribution in [0.5, 0.6) is 0 Å². The van der Waals surface area contributed by atoms with Gasteiger partial charge in [-0.25, -0.2) is 0 Å². The van der Waals surface area contributed by atoms with Gasteiger partial charge >= 0.3 is 0 Å². The number of terminal acetylenes is 1. The van der Waals surface area contributed by atoms with Crippen LogP contribution in [0, 0.1) is 18.3 Å². The summed E-state index contributed by atoms with van der Waals surface area (Å²) in [6.45, 7) is 8.75. The molecule has 0 unspecified atom stereocenters. The van der Waals surface area contributed by atoms with E-state index in [1.807, 2.05) is 12.1 Å². The van der Waals surface area contributed by atoms with E-state index in [0.29, 0.717) is 6.54 Å². The summed E-state index contributed by atoms with van der Waals surface area (Å²) in [7, 11) is 0. The Morgan fingerprint density at radius 1 is 1.26 bits per heavy atom. The Balaban J connectivity index is 1.87. The van der Waals surface area contributed by atoms with Crippen molar-refractivity contribution in [2.24, 2.45) is 5.92 Å². The lowest BCUT2D eigenvalue weighted by atomic mass is 9.96. The van der Waals surface area contributed by atoms with Gasteiger partial charge in [-0.1, -0.05) is 5.92 Å². The van der Waals surface area contributed by atoms with E-state index < -0.39 is 0 Å². The number of hydrogen-bond acceptors (Lipinski definition) is 3. The Morgan fingerprint density at radius 2 is 1.87 bits per heavy atom. The first-order valence-electron chi connectivity index (χ1n) is 8.49. The predicted octanol–water partition coefficient (Wildman–Crippen LogP) is 2.82. The Kier molecular flexibility index (Phi) is 6.49. The minimum Gasteiger partial charge on any atom is -0.372 e. The third kappa shape index (κ3) is 4.74.